The first-order valence-corrected chi connectivity index (χ1v) is 9.93. The normalized spacial score (nSPS) is 11.4. The number of ether oxygens (including phenoxy) is 2. The zero-order valence-electron chi connectivity index (χ0n) is 15.9. The molecule has 0 fully saturated rings. The number of thiophene rings is 1. The summed E-state index contributed by atoms with van der Waals surface area (Å²) in [6.45, 7) is 7.42. The summed E-state index contributed by atoms with van der Waals surface area (Å²) in [5, 5.41) is 11.0. The number of nitrogens with zero attached hydrogens (tertiary/aromatic N) is 1. The summed E-state index contributed by atoms with van der Waals surface area (Å²) in [5.41, 5.74) is 3.63. The quantitative estimate of drug-likeness (QED) is 0.380. The summed E-state index contributed by atoms with van der Waals surface area (Å²) >= 11 is 1.73. The highest BCUT2D eigenvalue weighted by Gasteiger charge is 2.06. The van der Waals surface area contributed by atoms with Crippen LogP contribution in [0.15, 0.2) is 40.0 Å². The summed E-state index contributed by atoms with van der Waals surface area (Å²) in [6.07, 6.45) is 0.987. The molecule has 0 aliphatic rings. The van der Waals surface area contributed by atoms with Crippen molar-refractivity contribution in [2.24, 2.45) is 4.99 Å². The molecule has 1 aromatic carbocycles. The standard InChI is InChI=1S/C20H29N3O2S/c1-4-24-10-11-25-19-13-16(2)5-6-18(19)14-23-20(21-3)22-9-7-17-8-12-26-15-17/h5-6,8,12-13,15H,4,7,9-11,14H2,1-3H3,(H2,21,22,23). The van der Waals surface area contributed by atoms with Gasteiger partial charge < -0.3 is 20.1 Å². The Morgan fingerprint density at radius 2 is 2.08 bits per heavy atom. The van der Waals surface area contributed by atoms with E-state index in [9.17, 15) is 0 Å². The Hall–Kier alpha value is -2.05. The van der Waals surface area contributed by atoms with Gasteiger partial charge in [-0.15, -0.1) is 0 Å². The van der Waals surface area contributed by atoms with Gasteiger partial charge in [-0.1, -0.05) is 12.1 Å². The van der Waals surface area contributed by atoms with Gasteiger partial charge >= 0.3 is 0 Å². The zero-order chi connectivity index (χ0) is 18.6. The fraction of sp³-hybridized carbons (Fsp3) is 0.450. The molecule has 26 heavy (non-hydrogen) atoms. The summed E-state index contributed by atoms with van der Waals surface area (Å²) in [4.78, 5) is 4.29. The maximum absolute atomic E-state index is 5.89. The topological polar surface area (TPSA) is 54.9 Å². The van der Waals surface area contributed by atoms with Crippen LogP contribution < -0.4 is 15.4 Å². The van der Waals surface area contributed by atoms with E-state index in [-0.39, 0.29) is 0 Å². The van der Waals surface area contributed by atoms with Crippen molar-refractivity contribution in [3.63, 3.8) is 0 Å². The van der Waals surface area contributed by atoms with Crippen LogP contribution in [-0.2, 0) is 17.7 Å². The molecular formula is C20H29N3O2S. The maximum Gasteiger partial charge on any atom is 0.191 e. The molecule has 0 aliphatic carbocycles. The second-order valence-corrected chi connectivity index (χ2v) is 6.67. The third-order valence-corrected chi connectivity index (χ3v) is 4.60. The highest BCUT2D eigenvalue weighted by molar-refractivity contribution is 7.07. The number of rotatable bonds is 10. The van der Waals surface area contributed by atoms with E-state index in [0.717, 1.165) is 30.2 Å². The predicted octanol–water partition coefficient (Wildman–Crippen LogP) is 3.38. The number of benzene rings is 1. The van der Waals surface area contributed by atoms with E-state index < -0.39 is 0 Å². The van der Waals surface area contributed by atoms with Gasteiger partial charge in [-0.05, 0) is 54.3 Å². The summed E-state index contributed by atoms with van der Waals surface area (Å²) in [6, 6.07) is 8.41. The first kappa shape index (κ1) is 20.3. The monoisotopic (exact) mass is 375 g/mol. The Morgan fingerprint density at radius 1 is 1.19 bits per heavy atom. The van der Waals surface area contributed by atoms with Crippen LogP contribution >= 0.6 is 11.3 Å². The van der Waals surface area contributed by atoms with Gasteiger partial charge in [0.2, 0.25) is 0 Å². The number of guanidine groups is 1. The smallest absolute Gasteiger partial charge is 0.191 e. The van der Waals surface area contributed by atoms with Crippen molar-refractivity contribution in [1.29, 1.82) is 0 Å². The Labute approximate surface area is 160 Å². The summed E-state index contributed by atoms with van der Waals surface area (Å²) < 4.78 is 11.2. The van der Waals surface area contributed by atoms with Crippen molar-refractivity contribution in [2.75, 3.05) is 33.4 Å². The minimum Gasteiger partial charge on any atom is -0.491 e. The van der Waals surface area contributed by atoms with Gasteiger partial charge in [-0.25, -0.2) is 0 Å². The van der Waals surface area contributed by atoms with E-state index in [1.165, 1.54) is 11.1 Å². The Bertz CT molecular complexity index is 672. The van der Waals surface area contributed by atoms with Crippen LogP contribution in [-0.4, -0.2) is 39.4 Å². The van der Waals surface area contributed by atoms with Crippen molar-refractivity contribution >= 4 is 17.3 Å². The van der Waals surface area contributed by atoms with Crippen molar-refractivity contribution in [2.45, 2.75) is 26.8 Å². The lowest BCUT2D eigenvalue weighted by molar-refractivity contribution is 0.110. The molecule has 1 aromatic heterocycles. The highest BCUT2D eigenvalue weighted by Crippen LogP contribution is 2.20. The summed E-state index contributed by atoms with van der Waals surface area (Å²) in [5.74, 6) is 1.69. The number of aryl methyl sites for hydroxylation is 1. The molecule has 142 valence electrons. The molecule has 2 N–H and O–H groups in total. The van der Waals surface area contributed by atoms with Crippen molar-refractivity contribution in [3.05, 3.63) is 51.7 Å². The van der Waals surface area contributed by atoms with Crippen LogP contribution in [0.2, 0.25) is 0 Å². The van der Waals surface area contributed by atoms with Crippen LogP contribution in [0.25, 0.3) is 0 Å². The molecule has 1 heterocycles. The molecular weight excluding hydrogens is 346 g/mol. The zero-order valence-corrected chi connectivity index (χ0v) is 16.7. The lowest BCUT2D eigenvalue weighted by Gasteiger charge is -2.15. The maximum atomic E-state index is 5.89. The van der Waals surface area contributed by atoms with Crippen molar-refractivity contribution in [1.82, 2.24) is 10.6 Å². The minimum atomic E-state index is 0.553. The van der Waals surface area contributed by atoms with E-state index >= 15 is 0 Å². The minimum absolute atomic E-state index is 0.553. The molecule has 0 spiro atoms. The lowest BCUT2D eigenvalue weighted by Crippen LogP contribution is -2.37. The van der Waals surface area contributed by atoms with E-state index in [1.54, 1.807) is 18.4 Å². The Morgan fingerprint density at radius 3 is 2.81 bits per heavy atom. The molecule has 2 rings (SSSR count). The molecule has 0 bridgehead atoms. The molecule has 0 saturated heterocycles. The third kappa shape index (κ3) is 7.06. The van der Waals surface area contributed by atoms with Gasteiger partial charge in [0.15, 0.2) is 5.96 Å². The first-order valence-electron chi connectivity index (χ1n) is 8.98. The molecule has 0 amide bonds. The number of hydrogen-bond donors (Lipinski definition) is 2. The molecule has 5 nitrogen and oxygen atoms in total. The van der Waals surface area contributed by atoms with Crippen LogP contribution in [0.5, 0.6) is 5.75 Å². The van der Waals surface area contributed by atoms with Crippen molar-refractivity contribution < 1.29 is 9.47 Å². The van der Waals surface area contributed by atoms with Gasteiger partial charge in [-0.3, -0.25) is 4.99 Å². The van der Waals surface area contributed by atoms with Gasteiger partial charge in [-0.2, -0.15) is 11.3 Å². The van der Waals surface area contributed by atoms with E-state index in [4.69, 9.17) is 9.47 Å². The third-order valence-electron chi connectivity index (χ3n) is 3.87. The SMILES string of the molecule is CCOCCOc1cc(C)ccc1CNC(=NC)NCCc1ccsc1. The highest BCUT2D eigenvalue weighted by atomic mass is 32.1. The average Bonchev–Trinajstić information content (AvgIpc) is 3.16. The molecule has 0 atom stereocenters. The van der Waals surface area contributed by atoms with Crippen LogP contribution in [0.3, 0.4) is 0 Å². The van der Waals surface area contributed by atoms with E-state index in [1.807, 2.05) is 6.92 Å². The van der Waals surface area contributed by atoms with Crippen LogP contribution in [0.4, 0.5) is 0 Å². The lowest BCUT2D eigenvalue weighted by atomic mass is 10.1. The Balaban J connectivity index is 1.83. The van der Waals surface area contributed by atoms with Gasteiger partial charge in [0.05, 0.1) is 6.61 Å². The number of hydrogen-bond acceptors (Lipinski definition) is 4. The van der Waals surface area contributed by atoms with Gasteiger partial charge in [0.1, 0.15) is 12.4 Å². The molecule has 0 saturated carbocycles. The second-order valence-electron chi connectivity index (χ2n) is 5.89. The van der Waals surface area contributed by atoms with E-state index in [0.29, 0.717) is 26.4 Å². The predicted molar refractivity (Wildman–Crippen MR) is 109 cm³/mol. The molecule has 0 radical (unpaired) electrons. The Kier molecular flexibility index (Phi) is 9.00. The first-order chi connectivity index (χ1) is 12.7. The van der Waals surface area contributed by atoms with Gasteiger partial charge in [0, 0.05) is 32.3 Å². The van der Waals surface area contributed by atoms with Crippen molar-refractivity contribution in [3.8, 4) is 5.75 Å². The molecule has 0 unspecified atom stereocenters. The fourth-order valence-electron chi connectivity index (χ4n) is 2.46. The number of nitrogens with one attached hydrogen (secondary N) is 2. The second kappa shape index (κ2) is 11.5. The number of aliphatic imine (C=N–C) groups is 1. The molecule has 0 aliphatic heterocycles. The largest absolute Gasteiger partial charge is 0.491 e. The summed E-state index contributed by atoms with van der Waals surface area (Å²) in [7, 11) is 1.79. The fourth-order valence-corrected chi connectivity index (χ4v) is 3.16. The molecule has 2 aromatic rings. The van der Waals surface area contributed by atoms with Gasteiger partial charge in [0.25, 0.3) is 0 Å². The van der Waals surface area contributed by atoms with E-state index in [2.05, 4.69) is 57.6 Å². The van der Waals surface area contributed by atoms with Crippen LogP contribution in [0, 0.1) is 6.92 Å². The molecule has 6 heteroatoms. The van der Waals surface area contributed by atoms with Crippen LogP contribution in [0.1, 0.15) is 23.6 Å². The average molecular weight is 376 g/mol.